The monoisotopic (exact) mass is 228 g/mol. The Bertz CT molecular complexity index is 307. The number of hydrogen-bond donors (Lipinski definition) is 2. The molecular weight excluding hydrogens is 212 g/mol. The summed E-state index contributed by atoms with van der Waals surface area (Å²) in [6, 6.07) is -0.598. The lowest BCUT2D eigenvalue weighted by atomic mass is 10.0. The number of nitrogens with one attached hydrogen (secondary N) is 1. The molecule has 3 unspecified atom stereocenters. The molecule has 0 aromatic carbocycles. The third kappa shape index (κ3) is 2.09. The Balaban J connectivity index is 1.95. The summed E-state index contributed by atoms with van der Waals surface area (Å²) < 4.78 is 5.09. The summed E-state index contributed by atoms with van der Waals surface area (Å²) in [5.41, 5.74) is 0. The summed E-state index contributed by atoms with van der Waals surface area (Å²) in [6.45, 7) is 0.704. The van der Waals surface area contributed by atoms with Crippen LogP contribution in [0, 0.1) is 0 Å². The molecule has 2 fully saturated rings. The van der Waals surface area contributed by atoms with Crippen molar-refractivity contribution in [2.75, 3.05) is 20.3 Å². The number of piperidine rings is 1. The van der Waals surface area contributed by atoms with Crippen LogP contribution in [0.4, 0.5) is 0 Å². The first-order valence-corrected chi connectivity index (χ1v) is 5.42. The number of ether oxygens (including phenoxy) is 1. The fourth-order valence-corrected chi connectivity index (χ4v) is 2.03. The Hall–Kier alpha value is -0.980. The van der Waals surface area contributed by atoms with Gasteiger partial charge in [-0.25, -0.2) is 0 Å². The molecular formula is C10H16N2O4. The predicted molar refractivity (Wildman–Crippen MR) is 54.5 cm³/mol. The quantitative estimate of drug-likeness (QED) is 0.561. The molecule has 3 atom stereocenters. The minimum atomic E-state index is -0.573. The number of likely N-dealkylation sites (tertiary alicyclic amines) is 1. The molecule has 0 aliphatic carbocycles. The first-order valence-electron chi connectivity index (χ1n) is 5.42. The van der Waals surface area contributed by atoms with E-state index in [0.29, 0.717) is 26.1 Å². The second-order valence-corrected chi connectivity index (χ2v) is 4.26. The molecule has 6 heteroatoms. The highest BCUT2D eigenvalue weighted by Gasteiger charge is 2.36. The van der Waals surface area contributed by atoms with Gasteiger partial charge in [0.25, 0.3) is 0 Å². The lowest BCUT2D eigenvalue weighted by molar-refractivity contribution is -0.148. The Labute approximate surface area is 93.6 Å². The van der Waals surface area contributed by atoms with Gasteiger partial charge in [0.1, 0.15) is 0 Å². The number of carbonyl (C=O) groups is 2. The molecule has 0 saturated carbocycles. The number of imide groups is 1. The van der Waals surface area contributed by atoms with Gasteiger partial charge in [-0.1, -0.05) is 0 Å². The number of aliphatic hydroxyl groups excluding tert-OH is 1. The van der Waals surface area contributed by atoms with Gasteiger partial charge >= 0.3 is 0 Å². The maximum absolute atomic E-state index is 11.8. The van der Waals surface area contributed by atoms with Crippen LogP contribution in [0.2, 0.25) is 0 Å². The van der Waals surface area contributed by atoms with Crippen LogP contribution < -0.4 is 5.32 Å². The second kappa shape index (κ2) is 4.48. The zero-order chi connectivity index (χ0) is 11.7. The van der Waals surface area contributed by atoms with Crippen LogP contribution >= 0.6 is 0 Å². The van der Waals surface area contributed by atoms with E-state index in [2.05, 4.69) is 5.32 Å². The standard InChI is InChI=1S/C10H16N2O4/c1-12-9(14)3-2-6(10(12)15)11-7-4-16-5-8(7)13/h6-8,11,13H,2-5H2,1H3. The lowest BCUT2D eigenvalue weighted by Gasteiger charge is -2.30. The number of rotatable bonds is 2. The van der Waals surface area contributed by atoms with Gasteiger partial charge in [-0.05, 0) is 6.42 Å². The third-order valence-corrected chi connectivity index (χ3v) is 3.12. The molecule has 16 heavy (non-hydrogen) atoms. The highest BCUT2D eigenvalue weighted by molar-refractivity contribution is 6.00. The van der Waals surface area contributed by atoms with Gasteiger partial charge in [-0.15, -0.1) is 0 Å². The van der Waals surface area contributed by atoms with Crippen LogP contribution in [0.3, 0.4) is 0 Å². The SMILES string of the molecule is CN1C(=O)CCC(NC2COCC2O)C1=O. The molecule has 6 nitrogen and oxygen atoms in total. The van der Waals surface area contributed by atoms with E-state index in [1.165, 1.54) is 7.05 Å². The van der Waals surface area contributed by atoms with Crippen LogP contribution in [0.25, 0.3) is 0 Å². The molecule has 2 amide bonds. The van der Waals surface area contributed by atoms with Crippen molar-refractivity contribution >= 4 is 11.8 Å². The van der Waals surface area contributed by atoms with Crippen LogP contribution in [-0.2, 0) is 14.3 Å². The van der Waals surface area contributed by atoms with Gasteiger partial charge in [-0.3, -0.25) is 19.8 Å². The Morgan fingerprint density at radius 3 is 2.81 bits per heavy atom. The smallest absolute Gasteiger partial charge is 0.246 e. The summed E-state index contributed by atoms with van der Waals surface area (Å²) >= 11 is 0. The molecule has 0 aromatic rings. The highest BCUT2D eigenvalue weighted by atomic mass is 16.5. The van der Waals surface area contributed by atoms with Gasteiger partial charge in [0.05, 0.1) is 31.4 Å². The highest BCUT2D eigenvalue weighted by Crippen LogP contribution is 2.14. The zero-order valence-electron chi connectivity index (χ0n) is 9.18. The minimum Gasteiger partial charge on any atom is -0.389 e. The van der Waals surface area contributed by atoms with Crippen LogP contribution in [0.5, 0.6) is 0 Å². The van der Waals surface area contributed by atoms with Crippen molar-refractivity contribution in [2.45, 2.75) is 31.0 Å². The number of aliphatic hydroxyl groups is 1. The maximum Gasteiger partial charge on any atom is 0.246 e. The van der Waals surface area contributed by atoms with Crippen LogP contribution in [0.15, 0.2) is 0 Å². The number of carbonyl (C=O) groups excluding carboxylic acids is 2. The molecule has 0 aromatic heterocycles. The van der Waals surface area contributed by atoms with E-state index in [1.807, 2.05) is 0 Å². The molecule has 2 saturated heterocycles. The van der Waals surface area contributed by atoms with E-state index in [-0.39, 0.29) is 23.9 Å². The molecule has 2 rings (SSSR count). The summed E-state index contributed by atoms with van der Waals surface area (Å²) in [5, 5.41) is 12.6. The van der Waals surface area contributed by atoms with E-state index in [1.54, 1.807) is 0 Å². The third-order valence-electron chi connectivity index (χ3n) is 3.12. The van der Waals surface area contributed by atoms with Crippen molar-refractivity contribution in [1.82, 2.24) is 10.2 Å². The van der Waals surface area contributed by atoms with E-state index in [0.717, 1.165) is 4.90 Å². The molecule has 2 N–H and O–H groups in total. The zero-order valence-corrected chi connectivity index (χ0v) is 9.18. The molecule has 2 heterocycles. The Morgan fingerprint density at radius 1 is 1.44 bits per heavy atom. The van der Waals surface area contributed by atoms with Gasteiger partial charge in [-0.2, -0.15) is 0 Å². The lowest BCUT2D eigenvalue weighted by Crippen LogP contribution is -2.56. The topological polar surface area (TPSA) is 78.9 Å². The van der Waals surface area contributed by atoms with Crippen molar-refractivity contribution in [1.29, 1.82) is 0 Å². The van der Waals surface area contributed by atoms with E-state index >= 15 is 0 Å². The molecule has 0 spiro atoms. The summed E-state index contributed by atoms with van der Waals surface area (Å²) in [7, 11) is 1.49. The van der Waals surface area contributed by atoms with Crippen LogP contribution in [-0.4, -0.2) is 60.3 Å². The largest absolute Gasteiger partial charge is 0.389 e. The van der Waals surface area contributed by atoms with Crippen LogP contribution in [0.1, 0.15) is 12.8 Å². The Kier molecular flexibility index (Phi) is 3.22. The van der Waals surface area contributed by atoms with Crippen molar-refractivity contribution in [3.05, 3.63) is 0 Å². The van der Waals surface area contributed by atoms with Crippen molar-refractivity contribution in [3.8, 4) is 0 Å². The summed E-state index contributed by atoms with van der Waals surface area (Å²) in [6.07, 6.45) is 0.283. The average Bonchev–Trinajstić information content (AvgIpc) is 2.65. The van der Waals surface area contributed by atoms with E-state index in [9.17, 15) is 14.7 Å². The summed E-state index contributed by atoms with van der Waals surface area (Å²) in [5.74, 6) is -0.373. The van der Waals surface area contributed by atoms with Crippen molar-refractivity contribution < 1.29 is 19.4 Å². The van der Waals surface area contributed by atoms with E-state index in [4.69, 9.17) is 4.74 Å². The average molecular weight is 228 g/mol. The molecule has 2 aliphatic rings. The second-order valence-electron chi connectivity index (χ2n) is 4.26. The first kappa shape index (κ1) is 11.5. The fourth-order valence-electron chi connectivity index (χ4n) is 2.03. The first-order chi connectivity index (χ1) is 7.59. The van der Waals surface area contributed by atoms with Gasteiger partial charge < -0.3 is 9.84 Å². The van der Waals surface area contributed by atoms with Gasteiger partial charge in [0.2, 0.25) is 11.8 Å². The fraction of sp³-hybridized carbons (Fsp3) is 0.800. The van der Waals surface area contributed by atoms with E-state index < -0.39 is 6.10 Å². The van der Waals surface area contributed by atoms with Gasteiger partial charge in [0.15, 0.2) is 0 Å². The Morgan fingerprint density at radius 2 is 2.19 bits per heavy atom. The number of amides is 2. The van der Waals surface area contributed by atoms with Crippen molar-refractivity contribution in [3.63, 3.8) is 0 Å². The van der Waals surface area contributed by atoms with Crippen molar-refractivity contribution in [2.24, 2.45) is 0 Å². The molecule has 90 valence electrons. The maximum atomic E-state index is 11.8. The van der Waals surface area contributed by atoms with Gasteiger partial charge in [0, 0.05) is 13.5 Å². The molecule has 0 radical (unpaired) electrons. The predicted octanol–water partition coefficient (Wildman–Crippen LogP) is -1.52. The summed E-state index contributed by atoms with van der Waals surface area (Å²) in [4.78, 5) is 24.1. The number of nitrogens with zero attached hydrogens (tertiary/aromatic N) is 1. The number of hydrogen-bond acceptors (Lipinski definition) is 5. The molecule has 2 aliphatic heterocycles. The molecule has 0 bridgehead atoms. The normalized spacial score (nSPS) is 35.9. The minimum absolute atomic E-state index is 0.147. The number of likely N-dealkylation sites (N-methyl/N-ethyl adjacent to an activating group) is 1.